The van der Waals surface area contributed by atoms with Gasteiger partial charge in [0.15, 0.2) is 0 Å². The number of pyridine rings is 2. The summed E-state index contributed by atoms with van der Waals surface area (Å²) in [5, 5.41) is 0. The van der Waals surface area contributed by atoms with Crippen LogP contribution in [-0.4, -0.2) is 42.5 Å². The van der Waals surface area contributed by atoms with E-state index in [1.54, 1.807) is 0 Å². The minimum absolute atomic E-state index is 0.200. The standard InChI is InChI=1S/C54H32B2N6O5/c1-61-40-11-5-3-9-38(40)59-51(61)31-23-36-53(57-26-31)66-46-15-7-13-44-49(46)55(36)34-21-29(17-19-42(34)64-44)33-25-48(63-28-33)30-18-20-43-35(22-30)56-37-24-32(52-60-39-10-4-6-12-41(39)62(52)2)27-58-54(37)67-47-16-8-14-45(65-43)50(47)56/h3-28H,1-2H3. The molecule has 0 atom stereocenters. The Morgan fingerprint density at radius 2 is 0.896 bits per heavy atom. The molecule has 0 aliphatic carbocycles. The molecule has 0 spiro atoms. The molecule has 0 bridgehead atoms. The van der Waals surface area contributed by atoms with E-state index in [9.17, 15) is 0 Å². The number of rotatable bonds is 4. The van der Waals surface area contributed by atoms with Gasteiger partial charge in [-0.2, -0.15) is 0 Å². The fourth-order valence-electron chi connectivity index (χ4n) is 10.7. The van der Waals surface area contributed by atoms with Gasteiger partial charge in [0.1, 0.15) is 51.9 Å². The molecular weight excluding hydrogens is 834 g/mol. The van der Waals surface area contributed by atoms with E-state index in [1.807, 2.05) is 112 Å². The Hall–Kier alpha value is -8.83. The number of aromatic nitrogens is 6. The number of nitrogens with zero attached hydrogens (tertiary/aromatic N) is 6. The van der Waals surface area contributed by atoms with E-state index in [0.717, 1.165) is 135 Å². The van der Waals surface area contributed by atoms with Crippen molar-refractivity contribution in [2.75, 3.05) is 0 Å². The predicted molar refractivity (Wildman–Crippen MR) is 260 cm³/mol. The molecule has 5 aromatic heterocycles. The fourth-order valence-corrected chi connectivity index (χ4v) is 10.7. The molecule has 11 nitrogen and oxygen atoms in total. The first-order valence-corrected chi connectivity index (χ1v) is 22.2. The topological polar surface area (TPSA) is 111 Å². The van der Waals surface area contributed by atoms with Crippen molar-refractivity contribution < 1.29 is 23.4 Å². The minimum Gasteiger partial charge on any atom is -0.464 e. The maximum absolute atomic E-state index is 6.60. The monoisotopic (exact) mass is 866 g/mol. The summed E-state index contributed by atoms with van der Waals surface area (Å²) in [4.78, 5) is 19.8. The lowest BCUT2D eigenvalue weighted by Crippen LogP contribution is -2.57. The highest BCUT2D eigenvalue weighted by atomic mass is 16.5. The molecule has 6 aromatic carbocycles. The molecule has 0 radical (unpaired) electrons. The molecule has 4 aliphatic rings. The molecule has 13 heteroatoms. The molecule has 0 fully saturated rings. The average molecular weight is 867 g/mol. The van der Waals surface area contributed by atoms with E-state index in [1.165, 1.54) is 0 Å². The van der Waals surface area contributed by atoms with Crippen LogP contribution in [0, 0.1) is 0 Å². The van der Waals surface area contributed by atoms with Gasteiger partial charge < -0.3 is 32.5 Å². The molecule has 0 saturated carbocycles. The zero-order valence-corrected chi connectivity index (χ0v) is 35.9. The van der Waals surface area contributed by atoms with Crippen LogP contribution in [0.2, 0.25) is 0 Å². The molecule has 67 heavy (non-hydrogen) atoms. The molecule has 4 aliphatic heterocycles. The smallest absolute Gasteiger partial charge is 0.262 e. The summed E-state index contributed by atoms with van der Waals surface area (Å²) in [5.41, 5.74) is 14.5. The number of para-hydroxylation sites is 4. The third-order valence-electron chi connectivity index (χ3n) is 13.8. The molecule has 0 saturated heterocycles. The Kier molecular flexibility index (Phi) is 7.28. The summed E-state index contributed by atoms with van der Waals surface area (Å²) < 4.78 is 36.8. The largest absolute Gasteiger partial charge is 0.464 e. The lowest BCUT2D eigenvalue weighted by Gasteiger charge is -2.32. The van der Waals surface area contributed by atoms with Crippen LogP contribution < -0.4 is 51.7 Å². The quantitative estimate of drug-likeness (QED) is 0.163. The molecule has 15 rings (SSSR count). The van der Waals surface area contributed by atoms with Crippen molar-refractivity contribution >= 4 is 68.3 Å². The number of imidazole rings is 2. The van der Waals surface area contributed by atoms with Crippen LogP contribution in [-0.2, 0) is 14.1 Å². The summed E-state index contributed by atoms with van der Waals surface area (Å²) in [5.74, 6) is 8.06. The molecular formula is C54H32B2N6O5. The zero-order chi connectivity index (χ0) is 44.1. The molecule has 11 aromatic rings. The molecule has 9 heterocycles. The highest BCUT2D eigenvalue weighted by molar-refractivity contribution is 6.99. The van der Waals surface area contributed by atoms with Crippen molar-refractivity contribution in [2.24, 2.45) is 14.1 Å². The van der Waals surface area contributed by atoms with Crippen molar-refractivity contribution in [1.82, 2.24) is 29.1 Å². The Balaban J connectivity index is 0.815. The summed E-state index contributed by atoms with van der Waals surface area (Å²) >= 11 is 0. The summed E-state index contributed by atoms with van der Waals surface area (Å²) in [6.45, 7) is -0.410. The van der Waals surface area contributed by atoms with Gasteiger partial charge in [0.25, 0.3) is 13.4 Å². The van der Waals surface area contributed by atoms with E-state index in [2.05, 4.69) is 69.8 Å². The molecule has 0 N–H and O–H groups in total. The number of fused-ring (bicyclic) bond motifs is 10. The number of aryl methyl sites for hydroxylation is 2. The van der Waals surface area contributed by atoms with Gasteiger partial charge in [-0.1, -0.05) is 54.6 Å². The number of furan rings is 1. The third kappa shape index (κ3) is 5.24. The maximum Gasteiger partial charge on any atom is 0.262 e. The number of hydrogen-bond donors (Lipinski definition) is 0. The van der Waals surface area contributed by atoms with Gasteiger partial charge in [-0.25, -0.2) is 19.9 Å². The molecule has 0 unspecified atom stereocenters. The fraction of sp³-hybridized carbons (Fsp3) is 0.0370. The van der Waals surface area contributed by atoms with Crippen molar-refractivity contribution in [3.8, 4) is 91.5 Å². The van der Waals surface area contributed by atoms with Gasteiger partial charge in [0, 0.05) is 59.7 Å². The summed E-state index contributed by atoms with van der Waals surface area (Å²) in [6, 6.07) is 47.2. The first kappa shape index (κ1) is 36.5. The Labute approximate surface area is 383 Å². The zero-order valence-electron chi connectivity index (χ0n) is 35.9. The van der Waals surface area contributed by atoms with Gasteiger partial charge >= 0.3 is 0 Å². The van der Waals surface area contributed by atoms with Crippen LogP contribution >= 0.6 is 0 Å². The highest BCUT2D eigenvalue weighted by Gasteiger charge is 2.43. The second-order valence-electron chi connectivity index (χ2n) is 17.5. The van der Waals surface area contributed by atoms with E-state index >= 15 is 0 Å². The highest BCUT2D eigenvalue weighted by Crippen LogP contribution is 2.39. The van der Waals surface area contributed by atoms with Crippen LogP contribution in [0.4, 0.5) is 0 Å². The van der Waals surface area contributed by atoms with Gasteiger partial charge in [0.05, 0.1) is 28.3 Å². The van der Waals surface area contributed by atoms with E-state index in [-0.39, 0.29) is 13.4 Å². The maximum atomic E-state index is 6.60. The first-order chi connectivity index (χ1) is 33.0. The first-order valence-electron chi connectivity index (χ1n) is 22.2. The number of ether oxygens (including phenoxy) is 4. The Morgan fingerprint density at radius 3 is 1.43 bits per heavy atom. The van der Waals surface area contributed by atoms with Gasteiger partial charge in [-0.15, -0.1) is 0 Å². The third-order valence-corrected chi connectivity index (χ3v) is 13.8. The van der Waals surface area contributed by atoms with Crippen LogP contribution in [0.1, 0.15) is 0 Å². The average Bonchev–Trinajstić information content (AvgIpc) is 4.09. The minimum atomic E-state index is -0.211. The summed E-state index contributed by atoms with van der Waals surface area (Å²) in [7, 11) is 4.08. The lowest BCUT2D eigenvalue weighted by molar-refractivity contribution is 0.453. The van der Waals surface area contributed by atoms with Crippen molar-refractivity contribution in [2.45, 2.75) is 0 Å². The van der Waals surface area contributed by atoms with E-state index in [0.29, 0.717) is 11.8 Å². The second kappa shape index (κ2) is 13.4. The van der Waals surface area contributed by atoms with E-state index < -0.39 is 0 Å². The van der Waals surface area contributed by atoms with Crippen LogP contribution in [0.15, 0.2) is 163 Å². The van der Waals surface area contributed by atoms with Gasteiger partial charge in [0.2, 0.25) is 11.8 Å². The normalized spacial score (nSPS) is 13.3. The van der Waals surface area contributed by atoms with Gasteiger partial charge in [-0.05, 0) is 112 Å². The van der Waals surface area contributed by atoms with Crippen LogP contribution in [0.25, 0.3) is 67.3 Å². The Bertz CT molecular complexity index is 3690. The second-order valence-corrected chi connectivity index (χ2v) is 17.5. The van der Waals surface area contributed by atoms with Crippen molar-refractivity contribution in [3.05, 3.63) is 158 Å². The predicted octanol–water partition coefficient (Wildman–Crippen LogP) is 7.97. The van der Waals surface area contributed by atoms with Crippen LogP contribution in [0.3, 0.4) is 0 Å². The van der Waals surface area contributed by atoms with E-state index in [4.69, 9.17) is 43.3 Å². The van der Waals surface area contributed by atoms with Crippen molar-refractivity contribution in [1.29, 1.82) is 0 Å². The lowest BCUT2D eigenvalue weighted by atomic mass is 9.35. The van der Waals surface area contributed by atoms with Crippen molar-refractivity contribution in [3.63, 3.8) is 0 Å². The number of hydrogen-bond acceptors (Lipinski definition) is 9. The number of benzene rings is 6. The van der Waals surface area contributed by atoms with Gasteiger partial charge in [-0.3, -0.25) is 0 Å². The SMILES string of the molecule is Cn1c(-c2cnc3c(c2)B2c4cc(-c5coc(-c6ccc7c(c6)B6c8cc(-c9nc%10ccccc%10n9C)cnc8Oc8cccc(c86)O7)c5)ccc4Oc4cccc(c42)O3)nc2ccccc21. The molecule has 0 amide bonds. The van der Waals surface area contributed by atoms with Crippen LogP contribution in [0.5, 0.6) is 46.3 Å². The summed E-state index contributed by atoms with van der Waals surface area (Å²) in [6.07, 6.45) is 5.52. The molecule has 314 valence electrons. The Morgan fingerprint density at radius 1 is 0.418 bits per heavy atom.